The SMILES string of the molecule is O=C(Nc1nc(-c2ccc(Cl)c(Cl)c2)cs1)c1cccnc1. The van der Waals surface area contributed by atoms with Crippen LogP contribution in [0.25, 0.3) is 11.3 Å². The van der Waals surface area contributed by atoms with Gasteiger partial charge in [0, 0.05) is 23.3 Å². The number of aromatic nitrogens is 2. The smallest absolute Gasteiger partial charge is 0.259 e. The number of hydrogen-bond acceptors (Lipinski definition) is 4. The molecular formula is C15H9Cl2N3OS. The van der Waals surface area contributed by atoms with Crippen molar-refractivity contribution in [2.45, 2.75) is 0 Å². The number of carbonyl (C=O) groups excluding carboxylic acids is 1. The number of rotatable bonds is 3. The van der Waals surface area contributed by atoms with Crippen molar-refractivity contribution in [1.29, 1.82) is 0 Å². The third-order valence-corrected chi connectivity index (χ3v) is 4.36. The highest BCUT2D eigenvalue weighted by atomic mass is 35.5. The van der Waals surface area contributed by atoms with Gasteiger partial charge >= 0.3 is 0 Å². The van der Waals surface area contributed by atoms with Crippen LogP contribution in [0.3, 0.4) is 0 Å². The Bertz CT molecular complexity index is 821. The zero-order valence-electron chi connectivity index (χ0n) is 11.1. The molecule has 1 aromatic carbocycles. The van der Waals surface area contributed by atoms with Gasteiger partial charge < -0.3 is 0 Å². The summed E-state index contributed by atoms with van der Waals surface area (Å²) >= 11 is 13.2. The number of nitrogens with one attached hydrogen (secondary N) is 1. The number of hydrogen-bond donors (Lipinski definition) is 1. The van der Waals surface area contributed by atoms with Gasteiger partial charge in [-0.15, -0.1) is 11.3 Å². The predicted octanol–water partition coefficient (Wildman–Crippen LogP) is 4.76. The van der Waals surface area contributed by atoms with E-state index < -0.39 is 0 Å². The third kappa shape index (κ3) is 3.27. The lowest BCUT2D eigenvalue weighted by molar-refractivity contribution is 0.102. The van der Waals surface area contributed by atoms with E-state index in [2.05, 4.69) is 15.3 Å². The van der Waals surface area contributed by atoms with E-state index >= 15 is 0 Å². The first-order chi connectivity index (χ1) is 10.6. The van der Waals surface area contributed by atoms with Crippen molar-refractivity contribution in [1.82, 2.24) is 9.97 Å². The molecule has 1 N–H and O–H groups in total. The normalized spacial score (nSPS) is 10.5. The molecule has 3 rings (SSSR count). The van der Waals surface area contributed by atoms with Gasteiger partial charge in [0.05, 0.1) is 21.3 Å². The highest BCUT2D eigenvalue weighted by molar-refractivity contribution is 7.14. The average Bonchev–Trinajstić information content (AvgIpc) is 2.99. The number of pyridine rings is 1. The second kappa shape index (κ2) is 6.44. The summed E-state index contributed by atoms with van der Waals surface area (Å²) in [6.07, 6.45) is 3.12. The van der Waals surface area contributed by atoms with Crippen molar-refractivity contribution < 1.29 is 4.79 Å². The van der Waals surface area contributed by atoms with Crippen molar-refractivity contribution in [3.8, 4) is 11.3 Å². The molecule has 0 atom stereocenters. The van der Waals surface area contributed by atoms with Crippen LogP contribution in [0.15, 0.2) is 48.1 Å². The first kappa shape index (κ1) is 15.0. The lowest BCUT2D eigenvalue weighted by atomic mass is 10.2. The zero-order valence-corrected chi connectivity index (χ0v) is 13.4. The molecule has 3 aromatic rings. The van der Waals surface area contributed by atoms with Gasteiger partial charge in [0.25, 0.3) is 5.91 Å². The molecule has 1 amide bonds. The maximum atomic E-state index is 12.0. The molecule has 0 saturated heterocycles. The van der Waals surface area contributed by atoms with E-state index in [1.165, 1.54) is 17.5 Å². The Morgan fingerprint density at radius 1 is 1.18 bits per heavy atom. The first-order valence-electron chi connectivity index (χ1n) is 6.26. The summed E-state index contributed by atoms with van der Waals surface area (Å²) in [6, 6.07) is 8.68. The summed E-state index contributed by atoms with van der Waals surface area (Å²) in [6.45, 7) is 0. The van der Waals surface area contributed by atoms with E-state index in [4.69, 9.17) is 23.2 Å². The average molecular weight is 350 g/mol. The molecule has 4 nitrogen and oxygen atoms in total. The topological polar surface area (TPSA) is 54.9 Å². The molecule has 0 radical (unpaired) electrons. The summed E-state index contributed by atoms with van der Waals surface area (Å²) in [5, 5.41) is 6.06. The van der Waals surface area contributed by atoms with Crippen LogP contribution >= 0.6 is 34.5 Å². The molecule has 0 aliphatic heterocycles. The predicted molar refractivity (Wildman–Crippen MR) is 89.8 cm³/mol. The molecule has 0 unspecified atom stereocenters. The minimum Gasteiger partial charge on any atom is -0.298 e. The number of anilines is 1. The van der Waals surface area contributed by atoms with Crippen LogP contribution in [0.4, 0.5) is 5.13 Å². The number of halogens is 2. The maximum absolute atomic E-state index is 12.0. The summed E-state index contributed by atoms with van der Waals surface area (Å²) in [5.41, 5.74) is 2.05. The van der Waals surface area contributed by atoms with Crippen molar-refractivity contribution in [3.63, 3.8) is 0 Å². The number of thiazole rings is 1. The fourth-order valence-electron chi connectivity index (χ4n) is 1.79. The molecule has 0 aliphatic carbocycles. The summed E-state index contributed by atoms with van der Waals surface area (Å²) in [7, 11) is 0. The Balaban J connectivity index is 1.79. The third-order valence-electron chi connectivity index (χ3n) is 2.86. The van der Waals surface area contributed by atoms with Crippen molar-refractivity contribution in [2.75, 3.05) is 5.32 Å². The Morgan fingerprint density at radius 2 is 2.05 bits per heavy atom. The van der Waals surface area contributed by atoms with E-state index in [1.54, 1.807) is 30.5 Å². The van der Waals surface area contributed by atoms with Crippen LogP contribution in [0.1, 0.15) is 10.4 Å². The molecular weight excluding hydrogens is 341 g/mol. The van der Waals surface area contributed by atoms with Gasteiger partial charge in [-0.05, 0) is 24.3 Å². The lowest BCUT2D eigenvalue weighted by Crippen LogP contribution is -2.11. The fraction of sp³-hybridized carbons (Fsp3) is 0. The van der Waals surface area contributed by atoms with Gasteiger partial charge in [-0.1, -0.05) is 29.3 Å². The highest BCUT2D eigenvalue weighted by Crippen LogP contribution is 2.30. The molecule has 0 bridgehead atoms. The summed E-state index contributed by atoms with van der Waals surface area (Å²) in [5.74, 6) is -0.247. The van der Waals surface area contributed by atoms with Crippen LogP contribution < -0.4 is 5.32 Å². The van der Waals surface area contributed by atoms with Crippen LogP contribution in [-0.2, 0) is 0 Å². The standard InChI is InChI=1S/C15H9Cl2N3OS/c16-11-4-3-9(6-12(11)17)13-8-22-15(19-13)20-14(21)10-2-1-5-18-7-10/h1-8H,(H,19,20,21). The van der Waals surface area contributed by atoms with Crippen LogP contribution in [0, 0.1) is 0 Å². The molecule has 2 heterocycles. The Hall–Kier alpha value is -1.95. The van der Waals surface area contributed by atoms with E-state index in [-0.39, 0.29) is 5.91 Å². The molecule has 7 heteroatoms. The zero-order chi connectivity index (χ0) is 15.5. The number of benzene rings is 1. The van der Waals surface area contributed by atoms with Gasteiger partial charge in [0.2, 0.25) is 0 Å². The first-order valence-corrected chi connectivity index (χ1v) is 7.89. The Kier molecular flexibility index (Phi) is 4.38. The van der Waals surface area contributed by atoms with Gasteiger partial charge in [0.15, 0.2) is 5.13 Å². The monoisotopic (exact) mass is 349 g/mol. The van der Waals surface area contributed by atoms with Crippen LogP contribution in [0.5, 0.6) is 0 Å². The van der Waals surface area contributed by atoms with E-state index in [0.29, 0.717) is 20.7 Å². The highest BCUT2D eigenvalue weighted by Gasteiger charge is 2.10. The Labute approximate surface area is 140 Å². The molecule has 2 aromatic heterocycles. The molecule has 0 saturated carbocycles. The van der Waals surface area contributed by atoms with Crippen LogP contribution in [-0.4, -0.2) is 15.9 Å². The number of nitrogens with zero attached hydrogens (tertiary/aromatic N) is 2. The summed E-state index contributed by atoms with van der Waals surface area (Å²) in [4.78, 5) is 20.3. The lowest BCUT2D eigenvalue weighted by Gasteiger charge is -2.01. The summed E-state index contributed by atoms with van der Waals surface area (Å²) < 4.78 is 0. The van der Waals surface area contributed by atoms with E-state index in [0.717, 1.165) is 11.3 Å². The number of amides is 1. The Morgan fingerprint density at radius 3 is 2.77 bits per heavy atom. The molecule has 0 spiro atoms. The van der Waals surface area contributed by atoms with E-state index in [1.807, 2.05) is 11.4 Å². The molecule has 0 fully saturated rings. The largest absolute Gasteiger partial charge is 0.298 e. The van der Waals surface area contributed by atoms with Gasteiger partial charge in [-0.3, -0.25) is 15.1 Å². The maximum Gasteiger partial charge on any atom is 0.259 e. The van der Waals surface area contributed by atoms with E-state index in [9.17, 15) is 4.79 Å². The minimum atomic E-state index is -0.247. The van der Waals surface area contributed by atoms with Crippen LogP contribution in [0.2, 0.25) is 10.0 Å². The second-order valence-electron chi connectivity index (χ2n) is 4.36. The second-order valence-corrected chi connectivity index (χ2v) is 6.04. The number of carbonyl (C=O) groups is 1. The quantitative estimate of drug-likeness (QED) is 0.741. The van der Waals surface area contributed by atoms with Crippen molar-refractivity contribution >= 4 is 45.6 Å². The molecule has 22 heavy (non-hydrogen) atoms. The van der Waals surface area contributed by atoms with Crippen molar-refractivity contribution in [3.05, 3.63) is 63.7 Å². The minimum absolute atomic E-state index is 0.247. The van der Waals surface area contributed by atoms with Crippen molar-refractivity contribution in [2.24, 2.45) is 0 Å². The molecule has 0 aliphatic rings. The van der Waals surface area contributed by atoms with Gasteiger partial charge in [-0.2, -0.15) is 0 Å². The fourth-order valence-corrected chi connectivity index (χ4v) is 2.80. The van der Waals surface area contributed by atoms with Gasteiger partial charge in [-0.25, -0.2) is 4.98 Å². The molecule has 110 valence electrons. The van der Waals surface area contributed by atoms with Gasteiger partial charge in [0.1, 0.15) is 0 Å².